The zero-order valence-corrected chi connectivity index (χ0v) is 12.4. The molecule has 0 aromatic carbocycles. The fraction of sp³-hybridized carbons (Fsp3) is 0.533. The average Bonchev–Trinajstić information content (AvgIpc) is 2.76. The molecule has 0 saturated heterocycles. The molecule has 0 radical (unpaired) electrons. The van der Waals surface area contributed by atoms with E-state index >= 15 is 0 Å². The van der Waals surface area contributed by atoms with Crippen LogP contribution in [0, 0.1) is 13.8 Å². The Bertz CT molecular complexity index is 603. The fourth-order valence-corrected chi connectivity index (χ4v) is 2.26. The number of fused-ring (bicyclic) bond motifs is 1. The Kier molecular flexibility index (Phi) is 4.71. The van der Waals surface area contributed by atoms with Crippen LogP contribution in [0.1, 0.15) is 50.4 Å². The molecule has 5 heteroatoms. The first kappa shape index (κ1) is 14.5. The van der Waals surface area contributed by atoms with Crippen molar-refractivity contribution < 1.29 is 4.79 Å². The second-order valence-corrected chi connectivity index (χ2v) is 5.20. The largest absolute Gasteiger partial charge is 0.325 e. The average molecular weight is 274 g/mol. The van der Waals surface area contributed by atoms with Gasteiger partial charge >= 0.3 is 0 Å². The molecular weight excluding hydrogens is 252 g/mol. The van der Waals surface area contributed by atoms with E-state index in [1.807, 2.05) is 26.1 Å². The van der Waals surface area contributed by atoms with Crippen LogP contribution in [0.25, 0.3) is 5.65 Å². The highest BCUT2D eigenvalue weighted by Crippen LogP contribution is 2.15. The Labute approximate surface area is 119 Å². The van der Waals surface area contributed by atoms with E-state index in [1.165, 1.54) is 12.8 Å². The number of anilines is 1. The van der Waals surface area contributed by atoms with Crippen molar-refractivity contribution >= 4 is 17.2 Å². The van der Waals surface area contributed by atoms with Crippen LogP contribution in [0.5, 0.6) is 0 Å². The molecule has 0 atom stereocenters. The van der Waals surface area contributed by atoms with Gasteiger partial charge in [-0.3, -0.25) is 4.79 Å². The summed E-state index contributed by atoms with van der Waals surface area (Å²) < 4.78 is 1.72. The Balaban J connectivity index is 2.00. The standard InChI is InChI=1S/C15H22N4O/c1-4-5-6-7-8-14(20)17-13-9-11(2)15-16-12(3)18-19(15)10-13/h9-10H,4-8H2,1-3H3,(H,17,20). The quantitative estimate of drug-likeness (QED) is 0.822. The number of nitrogens with zero attached hydrogens (tertiary/aromatic N) is 3. The van der Waals surface area contributed by atoms with Crippen molar-refractivity contribution in [1.82, 2.24) is 14.6 Å². The van der Waals surface area contributed by atoms with E-state index in [0.29, 0.717) is 6.42 Å². The lowest BCUT2D eigenvalue weighted by molar-refractivity contribution is -0.116. The molecule has 0 aliphatic carbocycles. The van der Waals surface area contributed by atoms with Crippen LogP contribution >= 0.6 is 0 Å². The van der Waals surface area contributed by atoms with Crippen molar-refractivity contribution in [2.45, 2.75) is 52.9 Å². The SMILES string of the molecule is CCCCCCC(=O)Nc1cc(C)c2nc(C)nn2c1. The Hall–Kier alpha value is -1.91. The molecule has 108 valence electrons. The second kappa shape index (κ2) is 6.50. The van der Waals surface area contributed by atoms with E-state index in [-0.39, 0.29) is 5.91 Å². The predicted molar refractivity (Wildman–Crippen MR) is 79.8 cm³/mol. The van der Waals surface area contributed by atoms with Gasteiger partial charge in [-0.15, -0.1) is 0 Å². The lowest BCUT2D eigenvalue weighted by Crippen LogP contribution is -2.12. The highest BCUT2D eigenvalue weighted by Gasteiger charge is 2.07. The maximum Gasteiger partial charge on any atom is 0.224 e. The summed E-state index contributed by atoms with van der Waals surface area (Å²) in [4.78, 5) is 16.2. The van der Waals surface area contributed by atoms with Crippen molar-refractivity contribution in [2.75, 3.05) is 5.32 Å². The first-order valence-electron chi connectivity index (χ1n) is 7.23. The summed E-state index contributed by atoms with van der Waals surface area (Å²) in [7, 11) is 0. The minimum Gasteiger partial charge on any atom is -0.325 e. The van der Waals surface area contributed by atoms with E-state index in [1.54, 1.807) is 4.52 Å². The molecule has 0 fully saturated rings. The molecule has 5 nitrogen and oxygen atoms in total. The van der Waals surface area contributed by atoms with Gasteiger partial charge in [-0.2, -0.15) is 5.10 Å². The summed E-state index contributed by atoms with van der Waals surface area (Å²) in [5, 5.41) is 7.22. The highest BCUT2D eigenvalue weighted by molar-refractivity contribution is 5.90. The molecule has 1 amide bonds. The zero-order valence-electron chi connectivity index (χ0n) is 12.4. The number of carbonyl (C=O) groups is 1. The van der Waals surface area contributed by atoms with Gasteiger partial charge in [-0.05, 0) is 31.9 Å². The van der Waals surface area contributed by atoms with Crippen LogP contribution in [0.2, 0.25) is 0 Å². The molecule has 2 aromatic rings. The molecule has 2 heterocycles. The third kappa shape index (κ3) is 3.56. The molecule has 0 unspecified atom stereocenters. The first-order valence-corrected chi connectivity index (χ1v) is 7.23. The second-order valence-electron chi connectivity index (χ2n) is 5.20. The van der Waals surface area contributed by atoms with Gasteiger partial charge in [0.25, 0.3) is 0 Å². The number of aryl methyl sites for hydroxylation is 2. The minimum atomic E-state index is 0.0664. The summed E-state index contributed by atoms with van der Waals surface area (Å²) in [5.41, 5.74) is 2.62. The fourth-order valence-electron chi connectivity index (χ4n) is 2.26. The number of pyridine rings is 1. The normalized spacial score (nSPS) is 10.9. The van der Waals surface area contributed by atoms with E-state index in [2.05, 4.69) is 22.3 Å². The van der Waals surface area contributed by atoms with Gasteiger partial charge in [-0.25, -0.2) is 9.50 Å². The highest BCUT2D eigenvalue weighted by atomic mass is 16.1. The maximum absolute atomic E-state index is 11.9. The summed E-state index contributed by atoms with van der Waals surface area (Å²) in [6.07, 6.45) is 6.83. The number of hydrogen-bond donors (Lipinski definition) is 1. The first-order chi connectivity index (χ1) is 9.60. The molecule has 2 rings (SSSR count). The number of amides is 1. The van der Waals surface area contributed by atoms with Crippen molar-refractivity contribution in [1.29, 1.82) is 0 Å². The van der Waals surface area contributed by atoms with Gasteiger partial charge in [0, 0.05) is 6.42 Å². The van der Waals surface area contributed by atoms with Gasteiger partial charge in [0.05, 0.1) is 11.9 Å². The molecule has 0 bridgehead atoms. The summed E-state index contributed by atoms with van der Waals surface area (Å²) in [6.45, 7) is 6.00. The summed E-state index contributed by atoms with van der Waals surface area (Å²) in [5.74, 6) is 0.799. The van der Waals surface area contributed by atoms with E-state index < -0.39 is 0 Å². The van der Waals surface area contributed by atoms with Crippen LogP contribution in [0.3, 0.4) is 0 Å². The van der Waals surface area contributed by atoms with Crippen molar-refractivity contribution in [3.8, 4) is 0 Å². The lowest BCUT2D eigenvalue weighted by atomic mass is 10.1. The van der Waals surface area contributed by atoms with Crippen LogP contribution in [-0.2, 0) is 4.79 Å². The van der Waals surface area contributed by atoms with Gasteiger partial charge in [0.2, 0.25) is 5.91 Å². The topological polar surface area (TPSA) is 59.3 Å². The molecule has 20 heavy (non-hydrogen) atoms. The van der Waals surface area contributed by atoms with Crippen LogP contribution in [0.15, 0.2) is 12.3 Å². The van der Waals surface area contributed by atoms with Gasteiger partial charge in [-0.1, -0.05) is 26.2 Å². The third-order valence-corrected chi connectivity index (χ3v) is 3.26. The molecule has 0 aliphatic heterocycles. The van der Waals surface area contributed by atoms with Gasteiger partial charge < -0.3 is 5.32 Å². The maximum atomic E-state index is 11.9. The Morgan fingerprint density at radius 3 is 2.85 bits per heavy atom. The number of nitrogens with one attached hydrogen (secondary N) is 1. The Morgan fingerprint density at radius 2 is 2.10 bits per heavy atom. The zero-order chi connectivity index (χ0) is 14.5. The molecule has 0 spiro atoms. The van der Waals surface area contributed by atoms with Crippen LogP contribution < -0.4 is 5.32 Å². The van der Waals surface area contributed by atoms with Gasteiger partial charge in [0.15, 0.2) is 5.65 Å². The van der Waals surface area contributed by atoms with E-state index in [4.69, 9.17) is 0 Å². The van der Waals surface area contributed by atoms with Gasteiger partial charge in [0.1, 0.15) is 5.82 Å². The predicted octanol–water partition coefficient (Wildman–Crippen LogP) is 3.26. The van der Waals surface area contributed by atoms with Crippen molar-refractivity contribution in [3.05, 3.63) is 23.7 Å². The van der Waals surface area contributed by atoms with Crippen molar-refractivity contribution in [2.24, 2.45) is 0 Å². The minimum absolute atomic E-state index is 0.0664. The summed E-state index contributed by atoms with van der Waals surface area (Å²) in [6, 6.07) is 1.94. The summed E-state index contributed by atoms with van der Waals surface area (Å²) >= 11 is 0. The number of unbranched alkanes of at least 4 members (excludes halogenated alkanes) is 3. The monoisotopic (exact) mass is 274 g/mol. The van der Waals surface area contributed by atoms with E-state index in [0.717, 1.165) is 35.6 Å². The number of rotatable bonds is 6. The van der Waals surface area contributed by atoms with Crippen molar-refractivity contribution in [3.63, 3.8) is 0 Å². The third-order valence-electron chi connectivity index (χ3n) is 3.26. The van der Waals surface area contributed by atoms with Crippen LogP contribution in [-0.4, -0.2) is 20.5 Å². The molecule has 1 N–H and O–H groups in total. The van der Waals surface area contributed by atoms with E-state index in [9.17, 15) is 4.79 Å². The lowest BCUT2D eigenvalue weighted by Gasteiger charge is -2.07. The molecule has 2 aromatic heterocycles. The smallest absolute Gasteiger partial charge is 0.224 e. The molecule has 0 saturated carbocycles. The number of aromatic nitrogens is 3. The van der Waals surface area contributed by atoms with Crippen LogP contribution in [0.4, 0.5) is 5.69 Å². The number of carbonyl (C=O) groups excluding carboxylic acids is 1. The Morgan fingerprint density at radius 1 is 1.30 bits per heavy atom. The molecule has 0 aliphatic rings. The molecular formula is C15H22N4O. The number of hydrogen-bond acceptors (Lipinski definition) is 3.